The standard InChI is InChI=1S/C11H19N3OS2/c1-11(7-15,13-9-3-4-9)5-2-6-16-10-14-12-8-17-10/h8-9,13,15H,2-7H2,1H3. The first-order valence-corrected chi connectivity index (χ1v) is 7.86. The van der Waals surface area contributed by atoms with E-state index in [4.69, 9.17) is 0 Å². The molecule has 0 spiro atoms. The second-order valence-corrected chi connectivity index (χ2v) is 6.97. The van der Waals surface area contributed by atoms with Gasteiger partial charge in [0.25, 0.3) is 0 Å². The molecule has 0 bridgehead atoms. The van der Waals surface area contributed by atoms with E-state index in [-0.39, 0.29) is 12.1 Å². The van der Waals surface area contributed by atoms with Crippen LogP contribution >= 0.6 is 23.1 Å². The molecule has 6 heteroatoms. The summed E-state index contributed by atoms with van der Waals surface area (Å²) < 4.78 is 1.03. The average molecular weight is 273 g/mol. The van der Waals surface area contributed by atoms with Crippen LogP contribution in [0.25, 0.3) is 0 Å². The van der Waals surface area contributed by atoms with E-state index in [0.717, 1.165) is 22.9 Å². The fraction of sp³-hybridized carbons (Fsp3) is 0.818. The summed E-state index contributed by atoms with van der Waals surface area (Å²) in [7, 11) is 0. The highest BCUT2D eigenvalue weighted by Gasteiger charge is 2.31. The number of aromatic nitrogens is 2. The van der Waals surface area contributed by atoms with Crippen molar-refractivity contribution in [1.29, 1.82) is 0 Å². The van der Waals surface area contributed by atoms with Crippen LogP contribution < -0.4 is 5.32 Å². The van der Waals surface area contributed by atoms with Crippen LogP contribution in [0.5, 0.6) is 0 Å². The Bertz CT molecular complexity index is 329. The van der Waals surface area contributed by atoms with E-state index >= 15 is 0 Å². The molecule has 1 atom stereocenters. The molecule has 0 saturated heterocycles. The molecule has 4 nitrogen and oxygen atoms in total. The second-order valence-electron chi connectivity index (χ2n) is 4.79. The van der Waals surface area contributed by atoms with Gasteiger partial charge in [-0.15, -0.1) is 10.2 Å². The zero-order chi connectivity index (χ0) is 12.1. The second kappa shape index (κ2) is 6.13. The van der Waals surface area contributed by atoms with Crippen molar-refractivity contribution in [3.8, 4) is 0 Å². The normalized spacial score (nSPS) is 19.2. The lowest BCUT2D eigenvalue weighted by atomic mass is 9.97. The van der Waals surface area contributed by atoms with Gasteiger partial charge in [0, 0.05) is 17.3 Å². The Morgan fingerprint density at radius 2 is 2.47 bits per heavy atom. The summed E-state index contributed by atoms with van der Waals surface area (Å²) >= 11 is 3.33. The Hall–Kier alpha value is -0.170. The van der Waals surface area contributed by atoms with Crippen molar-refractivity contribution < 1.29 is 5.11 Å². The molecule has 0 aliphatic heterocycles. The third kappa shape index (κ3) is 4.54. The van der Waals surface area contributed by atoms with Gasteiger partial charge in [-0.1, -0.05) is 23.1 Å². The van der Waals surface area contributed by atoms with Crippen LogP contribution in [0.1, 0.15) is 32.6 Å². The van der Waals surface area contributed by atoms with E-state index in [1.54, 1.807) is 28.6 Å². The molecular formula is C11H19N3OS2. The Kier molecular flexibility index (Phi) is 4.78. The number of aliphatic hydroxyl groups is 1. The predicted molar refractivity (Wildman–Crippen MR) is 71.5 cm³/mol. The summed E-state index contributed by atoms with van der Waals surface area (Å²) in [5.41, 5.74) is 1.65. The molecule has 96 valence electrons. The molecule has 0 aromatic carbocycles. The molecule has 1 aromatic heterocycles. The van der Waals surface area contributed by atoms with Crippen molar-refractivity contribution in [3.05, 3.63) is 5.51 Å². The van der Waals surface area contributed by atoms with Gasteiger partial charge in [0.2, 0.25) is 0 Å². The first kappa shape index (κ1) is 13.3. The minimum Gasteiger partial charge on any atom is -0.394 e. The van der Waals surface area contributed by atoms with Gasteiger partial charge in [0.15, 0.2) is 4.34 Å². The zero-order valence-corrected chi connectivity index (χ0v) is 11.7. The molecule has 1 aliphatic rings. The summed E-state index contributed by atoms with van der Waals surface area (Å²) in [6.07, 6.45) is 4.61. The fourth-order valence-electron chi connectivity index (χ4n) is 1.76. The van der Waals surface area contributed by atoms with Crippen molar-refractivity contribution in [1.82, 2.24) is 15.5 Å². The quantitative estimate of drug-likeness (QED) is 0.560. The van der Waals surface area contributed by atoms with Gasteiger partial charge in [0.05, 0.1) is 6.61 Å². The van der Waals surface area contributed by atoms with Crippen LogP contribution in [0, 0.1) is 0 Å². The van der Waals surface area contributed by atoms with E-state index < -0.39 is 0 Å². The minimum absolute atomic E-state index is 0.108. The lowest BCUT2D eigenvalue weighted by Crippen LogP contribution is -2.46. The minimum atomic E-state index is -0.108. The molecule has 2 N–H and O–H groups in total. The van der Waals surface area contributed by atoms with Gasteiger partial charge in [-0.3, -0.25) is 0 Å². The number of nitrogens with one attached hydrogen (secondary N) is 1. The summed E-state index contributed by atoms with van der Waals surface area (Å²) in [5, 5.41) is 20.8. The van der Waals surface area contributed by atoms with Crippen molar-refractivity contribution in [2.24, 2.45) is 0 Å². The first-order chi connectivity index (χ1) is 8.22. The summed E-state index contributed by atoms with van der Waals surface area (Å²) in [6, 6.07) is 0.642. The van der Waals surface area contributed by atoms with E-state index in [9.17, 15) is 5.11 Å². The lowest BCUT2D eigenvalue weighted by Gasteiger charge is -2.29. The monoisotopic (exact) mass is 273 g/mol. The third-order valence-electron chi connectivity index (χ3n) is 2.92. The third-order valence-corrected chi connectivity index (χ3v) is 4.86. The van der Waals surface area contributed by atoms with Crippen molar-refractivity contribution in [2.75, 3.05) is 12.4 Å². The molecule has 1 unspecified atom stereocenters. The maximum Gasteiger partial charge on any atom is 0.174 e. The van der Waals surface area contributed by atoms with Gasteiger partial charge in [-0.25, -0.2) is 0 Å². The first-order valence-electron chi connectivity index (χ1n) is 5.99. The maximum absolute atomic E-state index is 9.46. The fourth-order valence-corrected chi connectivity index (χ4v) is 3.26. The topological polar surface area (TPSA) is 58.0 Å². The molecule has 1 fully saturated rings. The van der Waals surface area contributed by atoms with Gasteiger partial charge in [-0.2, -0.15) is 0 Å². The molecule has 17 heavy (non-hydrogen) atoms. The van der Waals surface area contributed by atoms with E-state index in [0.29, 0.717) is 6.04 Å². The van der Waals surface area contributed by atoms with Crippen molar-refractivity contribution >= 4 is 23.1 Å². The molecule has 1 heterocycles. The van der Waals surface area contributed by atoms with Gasteiger partial charge >= 0.3 is 0 Å². The summed E-state index contributed by atoms with van der Waals surface area (Å²) in [6.45, 7) is 2.33. The van der Waals surface area contributed by atoms with Crippen LogP contribution in [-0.2, 0) is 0 Å². The van der Waals surface area contributed by atoms with Crippen LogP contribution in [-0.4, -0.2) is 39.2 Å². The van der Waals surface area contributed by atoms with Crippen LogP contribution in [0.4, 0.5) is 0 Å². The van der Waals surface area contributed by atoms with Gasteiger partial charge < -0.3 is 10.4 Å². The predicted octanol–water partition coefficient (Wildman–Crippen LogP) is 1.91. The van der Waals surface area contributed by atoms with Crippen LogP contribution in [0.2, 0.25) is 0 Å². The SMILES string of the molecule is CC(CO)(CCCSc1nncs1)NC1CC1. The van der Waals surface area contributed by atoms with Gasteiger partial charge in [-0.05, 0) is 32.6 Å². The van der Waals surface area contributed by atoms with E-state index in [2.05, 4.69) is 22.4 Å². The molecule has 2 rings (SSSR count). The molecule has 0 amide bonds. The highest BCUT2D eigenvalue weighted by Crippen LogP contribution is 2.26. The van der Waals surface area contributed by atoms with Crippen LogP contribution in [0.3, 0.4) is 0 Å². The number of rotatable bonds is 8. The number of aliphatic hydroxyl groups excluding tert-OH is 1. The van der Waals surface area contributed by atoms with Crippen molar-refractivity contribution in [2.45, 2.75) is 48.5 Å². The highest BCUT2D eigenvalue weighted by molar-refractivity contribution is 8.00. The number of thioether (sulfide) groups is 1. The molecule has 1 saturated carbocycles. The number of hydrogen-bond acceptors (Lipinski definition) is 6. The molecule has 1 aromatic rings. The molecule has 0 radical (unpaired) electrons. The van der Waals surface area contributed by atoms with E-state index in [1.165, 1.54) is 12.8 Å². The van der Waals surface area contributed by atoms with E-state index in [1.807, 2.05) is 0 Å². The smallest absolute Gasteiger partial charge is 0.174 e. The Balaban J connectivity index is 1.65. The number of hydrogen-bond donors (Lipinski definition) is 2. The maximum atomic E-state index is 9.46. The Morgan fingerprint density at radius 3 is 3.06 bits per heavy atom. The zero-order valence-electron chi connectivity index (χ0n) is 10.1. The highest BCUT2D eigenvalue weighted by atomic mass is 32.2. The Labute approximate surface area is 110 Å². The summed E-state index contributed by atoms with van der Waals surface area (Å²) in [4.78, 5) is 0. The van der Waals surface area contributed by atoms with Gasteiger partial charge in [0.1, 0.15) is 5.51 Å². The Morgan fingerprint density at radius 1 is 1.65 bits per heavy atom. The largest absolute Gasteiger partial charge is 0.394 e. The van der Waals surface area contributed by atoms with Crippen LogP contribution in [0.15, 0.2) is 9.85 Å². The number of nitrogens with zero attached hydrogens (tertiary/aromatic N) is 2. The molecule has 1 aliphatic carbocycles. The molecular weight excluding hydrogens is 254 g/mol. The summed E-state index contributed by atoms with van der Waals surface area (Å²) in [5.74, 6) is 1.04. The van der Waals surface area contributed by atoms with Crippen molar-refractivity contribution in [3.63, 3.8) is 0 Å². The average Bonchev–Trinajstić information content (AvgIpc) is 2.97. The lowest BCUT2D eigenvalue weighted by molar-refractivity contribution is 0.163.